The fourth-order valence-corrected chi connectivity index (χ4v) is 3.93. The fraction of sp³-hybridized carbons (Fsp3) is 0.0952. The van der Waals surface area contributed by atoms with Crippen molar-refractivity contribution in [1.29, 1.82) is 0 Å². The number of rotatable bonds is 7. The zero-order chi connectivity index (χ0) is 22.6. The van der Waals surface area contributed by atoms with Gasteiger partial charge in [0.05, 0.1) is 22.6 Å². The standard InChI is InChI=1S/C21H19N3O6S/c1-14-5-3-7-16(11-14)22-21(25)15-6-4-8-18(12-15)31(28,29)23-19-13-17(24(26)27)9-10-20(19)30-2/h3-13,23H,1-2H3,(H,22,25). The number of aryl methyl sites for hydroxylation is 1. The molecule has 0 aliphatic heterocycles. The maximum atomic E-state index is 12.9. The van der Waals surface area contributed by atoms with Crippen molar-refractivity contribution in [2.45, 2.75) is 11.8 Å². The van der Waals surface area contributed by atoms with E-state index in [0.29, 0.717) is 5.69 Å². The fourth-order valence-electron chi connectivity index (χ4n) is 2.82. The van der Waals surface area contributed by atoms with Crippen LogP contribution in [0.4, 0.5) is 17.1 Å². The van der Waals surface area contributed by atoms with E-state index in [1.807, 2.05) is 13.0 Å². The van der Waals surface area contributed by atoms with Gasteiger partial charge in [0.2, 0.25) is 0 Å². The van der Waals surface area contributed by atoms with Crippen LogP contribution >= 0.6 is 0 Å². The molecule has 0 aliphatic rings. The number of nitrogens with zero attached hydrogens (tertiary/aromatic N) is 1. The molecule has 2 N–H and O–H groups in total. The SMILES string of the molecule is COc1ccc([N+](=O)[O-])cc1NS(=O)(=O)c1cccc(C(=O)Nc2cccc(C)c2)c1. The molecule has 0 aliphatic carbocycles. The number of amides is 1. The molecule has 0 heterocycles. The van der Waals surface area contributed by atoms with E-state index in [0.717, 1.165) is 11.6 Å². The highest BCUT2D eigenvalue weighted by Gasteiger charge is 2.20. The van der Waals surface area contributed by atoms with Crippen molar-refractivity contribution in [3.05, 3.63) is 88.0 Å². The first-order valence-corrected chi connectivity index (χ1v) is 10.5. The van der Waals surface area contributed by atoms with Gasteiger partial charge in [-0.05, 0) is 48.9 Å². The van der Waals surface area contributed by atoms with Crippen LogP contribution in [0, 0.1) is 17.0 Å². The number of carbonyl (C=O) groups excluding carboxylic acids is 1. The molecule has 3 aromatic rings. The zero-order valence-electron chi connectivity index (χ0n) is 16.7. The summed E-state index contributed by atoms with van der Waals surface area (Å²) in [4.78, 5) is 22.8. The van der Waals surface area contributed by atoms with Gasteiger partial charge in [-0.25, -0.2) is 8.42 Å². The van der Waals surface area contributed by atoms with Crippen LogP contribution in [0.3, 0.4) is 0 Å². The van der Waals surface area contributed by atoms with Gasteiger partial charge in [-0.15, -0.1) is 0 Å². The van der Waals surface area contributed by atoms with Crippen LogP contribution in [-0.4, -0.2) is 26.4 Å². The predicted molar refractivity (Wildman–Crippen MR) is 116 cm³/mol. The van der Waals surface area contributed by atoms with Gasteiger partial charge in [0, 0.05) is 23.4 Å². The average molecular weight is 441 g/mol. The quantitative estimate of drug-likeness (QED) is 0.422. The average Bonchev–Trinajstić information content (AvgIpc) is 2.73. The lowest BCUT2D eigenvalue weighted by atomic mass is 10.2. The Labute approximate surface area is 178 Å². The van der Waals surface area contributed by atoms with Gasteiger partial charge in [0.1, 0.15) is 5.75 Å². The number of nitrogens with one attached hydrogen (secondary N) is 2. The van der Waals surface area contributed by atoms with E-state index in [2.05, 4.69) is 10.0 Å². The topological polar surface area (TPSA) is 128 Å². The molecule has 0 bridgehead atoms. The summed E-state index contributed by atoms with van der Waals surface area (Å²) in [6, 6.07) is 16.2. The number of nitro groups is 1. The summed E-state index contributed by atoms with van der Waals surface area (Å²) in [5, 5.41) is 13.7. The van der Waals surface area contributed by atoms with Gasteiger partial charge >= 0.3 is 0 Å². The zero-order valence-corrected chi connectivity index (χ0v) is 17.5. The second-order valence-corrected chi connectivity index (χ2v) is 8.28. The van der Waals surface area contributed by atoms with Crippen LogP contribution in [0.1, 0.15) is 15.9 Å². The van der Waals surface area contributed by atoms with Crippen LogP contribution in [0.15, 0.2) is 71.6 Å². The van der Waals surface area contributed by atoms with Crippen molar-refractivity contribution in [2.75, 3.05) is 17.1 Å². The molecular formula is C21H19N3O6S. The number of non-ortho nitro benzene ring substituents is 1. The van der Waals surface area contributed by atoms with E-state index in [-0.39, 0.29) is 27.6 Å². The highest BCUT2D eigenvalue weighted by atomic mass is 32.2. The minimum atomic E-state index is -4.16. The Hall–Kier alpha value is -3.92. The summed E-state index contributed by atoms with van der Waals surface area (Å²) in [5.41, 5.74) is 1.29. The Balaban J connectivity index is 1.88. The largest absolute Gasteiger partial charge is 0.495 e. The molecule has 10 heteroatoms. The molecule has 0 atom stereocenters. The number of hydrogen-bond donors (Lipinski definition) is 2. The molecule has 9 nitrogen and oxygen atoms in total. The molecule has 0 unspecified atom stereocenters. The van der Waals surface area contributed by atoms with E-state index >= 15 is 0 Å². The second-order valence-electron chi connectivity index (χ2n) is 6.60. The summed E-state index contributed by atoms with van der Waals surface area (Å²) >= 11 is 0. The van der Waals surface area contributed by atoms with Crippen molar-refractivity contribution in [1.82, 2.24) is 0 Å². The number of sulfonamides is 1. The number of ether oxygens (including phenoxy) is 1. The molecule has 3 rings (SSSR count). The van der Waals surface area contributed by atoms with Crippen molar-refractivity contribution in [3.8, 4) is 5.75 Å². The van der Waals surface area contributed by atoms with Gasteiger partial charge in [-0.2, -0.15) is 0 Å². The number of nitro benzene ring substituents is 1. The second kappa shape index (κ2) is 8.84. The van der Waals surface area contributed by atoms with Crippen LogP contribution < -0.4 is 14.8 Å². The summed E-state index contributed by atoms with van der Waals surface area (Å²) in [7, 11) is -2.84. The van der Waals surface area contributed by atoms with Crippen LogP contribution in [0.25, 0.3) is 0 Å². The Morgan fingerprint density at radius 3 is 2.45 bits per heavy atom. The van der Waals surface area contributed by atoms with Crippen LogP contribution in [0.2, 0.25) is 0 Å². The Morgan fingerprint density at radius 1 is 1.03 bits per heavy atom. The van der Waals surface area contributed by atoms with Crippen molar-refractivity contribution in [3.63, 3.8) is 0 Å². The molecule has 0 saturated heterocycles. The maximum Gasteiger partial charge on any atom is 0.271 e. The van der Waals surface area contributed by atoms with E-state index < -0.39 is 20.9 Å². The third kappa shape index (κ3) is 5.17. The van der Waals surface area contributed by atoms with Gasteiger partial charge in [-0.3, -0.25) is 19.6 Å². The molecule has 0 fully saturated rings. The Morgan fingerprint density at radius 2 is 1.77 bits per heavy atom. The number of anilines is 2. The van der Waals surface area contributed by atoms with Crippen molar-refractivity contribution in [2.24, 2.45) is 0 Å². The van der Waals surface area contributed by atoms with Gasteiger partial charge in [0.25, 0.3) is 21.6 Å². The van der Waals surface area contributed by atoms with E-state index in [1.54, 1.807) is 18.2 Å². The molecule has 31 heavy (non-hydrogen) atoms. The van der Waals surface area contributed by atoms with E-state index in [1.165, 1.54) is 43.5 Å². The minimum Gasteiger partial charge on any atom is -0.495 e. The first kappa shape index (κ1) is 21.8. The summed E-state index contributed by atoms with van der Waals surface area (Å²) in [6.45, 7) is 1.89. The summed E-state index contributed by atoms with van der Waals surface area (Å²) < 4.78 is 33.1. The molecule has 0 spiro atoms. The normalized spacial score (nSPS) is 10.9. The number of benzene rings is 3. The number of hydrogen-bond acceptors (Lipinski definition) is 6. The minimum absolute atomic E-state index is 0.0914. The first-order chi connectivity index (χ1) is 14.7. The van der Waals surface area contributed by atoms with Crippen molar-refractivity contribution >= 4 is 33.0 Å². The molecule has 0 saturated carbocycles. The molecule has 3 aromatic carbocycles. The highest BCUT2D eigenvalue weighted by molar-refractivity contribution is 7.92. The maximum absolute atomic E-state index is 12.9. The first-order valence-electron chi connectivity index (χ1n) is 9.03. The molecule has 1 amide bonds. The summed E-state index contributed by atoms with van der Waals surface area (Å²) in [6.07, 6.45) is 0. The number of methoxy groups -OCH3 is 1. The molecule has 160 valence electrons. The van der Waals surface area contributed by atoms with Gasteiger partial charge < -0.3 is 10.1 Å². The van der Waals surface area contributed by atoms with Crippen molar-refractivity contribution < 1.29 is 22.9 Å². The van der Waals surface area contributed by atoms with Crippen LogP contribution in [0.5, 0.6) is 5.75 Å². The van der Waals surface area contributed by atoms with Crippen LogP contribution in [-0.2, 0) is 10.0 Å². The predicted octanol–water partition coefficient (Wildman–Crippen LogP) is 3.96. The molecule has 0 radical (unpaired) electrons. The highest BCUT2D eigenvalue weighted by Crippen LogP contribution is 2.31. The number of carbonyl (C=O) groups is 1. The summed E-state index contributed by atoms with van der Waals surface area (Å²) in [5.74, 6) is -0.363. The van der Waals surface area contributed by atoms with E-state index in [4.69, 9.17) is 4.74 Å². The lowest BCUT2D eigenvalue weighted by Crippen LogP contribution is -2.16. The van der Waals surface area contributed by atoms with Gasteiger partial charge in [-0.1, -0.05) is 18.2 Å². The van der Waals surface area contributed by atoms with Gasteiger partial charge in [0.15, 0.2) is 0 Å². The molecular weight excluding hydrogens is 422 g/mol. The smallest absolute Gasteiger partial charge is 0.271 e. The monoisotopic (exact) mass is 441 g/mol. The Bertz CT molecular complexity index is 1260. The third-order valence-electron chi connectivity index (χ3n) is 4.32. The Kier molecular flexibility index (Phi) is 6.21. The lowest BCUT2D eigenvalue weighted by molar-refractivity contribution is -0.384. The lowest BCUT2D eigenvalue weighted by Gasteiger charge is -2.12. The van der Waals surface area contributed by atoms with E-state index in [9.17, 15) is 23.3 Å². The molecule has 0 aromatic heterocycles. The third-order valence-corrected chi connectivity index (χ3v) is 5.68.